The van der Waals surface area contributed by atoms with E-state index in [9.17, 15) is 4.79 Å². The molecule has 1 fully saturated rings. The summed E-state index contributed by atoms with van der Waals surface area (Å²) in [5.74, 6) is 0.341. The predicted octanol–water partition coefficient (Wildman–Crippen LogP) is 2.30. The van der Waals surface area contributed by atoms with Crippen LogP contribution in [0.4, 0.5) is 0 Å². The fraction of sp³-hybridized carbons (Fsp3) is 0.353. The number of amides is 1. The molecule has 1 N–H and O–H groups in total. The van der Waals surface area contributed by atoms with Crippen molar-refractivity contribution in [3.63, 3.8) is 0 Å². The fourth-order valence-electron chi connectivity index (χ4n) is 3.36. The summed E-state index contributed by atoms with van der Waals surface area (Å²) in [6.07, 6.45) is 4.63. The van der Waals surface area contributed by atoms with Gasteiger partial charge >= 0.3 is 0 Å². The summed E-state index contributed by atoms with van der Waals surface area (Å²) >= 11 is 0. The molecule has 3 aromatic rings. The average Bonchev–Trinajstić information content (AvgIpc) is 3.24. The van der Waals surface area contributed by atoms with Gasteiger partial charge in [0.15, 0.2) is 0 Å². The van der Waals surface area contributed by atoms with Gasteiger partial charge in [-0.3, -0.25) is 9.89 Å². The summed E-state index contributed by atoms with van der Waals surface area (Å²) < 4.78 is 1.96. The number of carbonyl (C=O) groups is 1. The minimum absolute atomic E-state index is 0.00719. The van der Waals surface area contributed by atoms with Crippen molar-refractivity contribution in [3.05, 3.63) is 53.2 Å². The number of likely N-dealkylation sites (tertiary alicyclic amines) is 1. The number of hydrogen-bond donors (Lipinski definition) is 1. The van der Waals surface area contributed by atoms with Gasteiger partial charge in [0.05, 0.1) is 6.20 Å². The second-order valence-electron chi connectivity index (χ2n) is 6.22. The lowest BCUT2D eigenvalue weighted by Crippen LogP contribution is -2.28. The normalized spacial score (nSPS) is 18.0. The minimum atomic E-state index is 0.00719. The van der Waals surface area contributed by atoms with Crippen LogP contribution < -0.4 is 0 Å². The Morgan fingerprint density at radius 2 is 2.22 bits per heavy atom. The molecule has 0 spiro atoms. The lowest BCUT2D eigenvalue weighted by Gasteiger charge is -2.15. The molecule has 4 heterocycles. The Balaban J connectivity index is 1.57. The molecule has 1 aliphatic rings. The number of aryl methyl sites for hydroxylation is 2. The highest BCUT2D eigenvalue weighted by molar-refractivity contribution is 5.93. The number of aromatic amines is 1. The second kappa shape index (κ2) is 5.22. The summed E-state index contributed by atoms with van der Waals surface area (Å²) in [4.78, 5) is 19.1. The van der Waals surface area contributed by atoms with E-state index in [1.165, 1.54) is 0 Å². The number of hydrogen-bond acceptors (Lipinski definition) is 3. The van der Waals surface area contributed by atoms with Crippen molar-refractivity contribution in [2.24, 2.45) is 0 Å². The minimum Gasteiger partial charge on any atom is -0.337 e. The molecule has 0 radical (unpaired) electrons. The topological polar surface area (TPSA) is 66.3 Å². The maximum Gasteiger partial charge on any atom is 0.274 e. The van der Waals surface area contributed by atoms with Gasteiger partial charge in [-0.25, -0.2) is 4.98 Å². The Bertz CT molecular complexity index is 878. The summed E-state index contributed by atoms with van der Waals surface area (Å²) in [7, 11) is 0. The number of aromatic nitrogens is 4. The van der Waals surface area contributed by atoms with Crippen LogP contribution in [0.3, 0.4) is 0 Å². The Kier molecular flexibility index (Phi) is 3.18. The Labute approximate surface area is 134 Å². The first kappa shape index (κ1) is 14.0. The van der Waals surface area contributed by atoms with E-state index in [-0.39, 0.29) is 5.91 Å². The predicted molar refractivity (Wildman–Crippen MR) is 86.5 cm³/mol. The third-order valence-electron chi connectivity index (χ3n) is 4.67. The van der Waals surface area contributed by atoms with Gasteiger partial charge in [0.2, 0.25) is 0 Å². The third-order valence-corrected chi connectivity index (χ3v) is 4.67. The van der Waals surface area contributed by atoms with E-state index < -0.39 is 0 Å². The van der Waals surface area contributed by atoms with Crippen molar-refractivity contribution >= 4 is 11.6 Å². The van der Waals surface area contributed by atoms with Crippen molar-refractivity contribution in [1.82, 2.24) is 24.5 Å². The highest BCUT2D eigenvalue weighted by atomic mass is 16.2. The summed E-state index contributed by atoms with van der Waals surface area (Å²) in [5, 5.41) is 7.16. The molecule has 0 bridgehead atoms. The standard InChI is InChI=1S/C17H19N5O/c1-11-8-18-20-16(11)13-6-7-21(9-13)17(23)14-10-22-12(2)4-3-5-15(22)19-14/h3-5,8,10,13H,6-7,9H2,1-2H3,(H,18,20). The lowest BCUT2D eigenvalue weighted by molar-refractivity contribution is 0.0785. The highest BCUT2D eigenvalue weighted by Crippen LogP contribution is 2.28. The summed E-state index contributed by atoms with van der Waals surface area (Å²) in [6, 6.07) is 5.89. The molecule has 0 saturated carbocycles. The molecular formula is C17H19N5O. The average molecular weight is 309 g/mol. The molecular weight excluding hydrogens is 290 g/mol. The van der Waals surface area contributed by atoms with Crippen LogP contribution in [0.1, 0.15) is 39.8 Å². The van der Waals surface area contributed by atoms with Crippen LogP contribution in [0.15, 0.2) is 30.6 Å². The van der Waals surface area contributed by atoms with Crippen LogP contribution in [-0.2, 0) is 0 Å². The van der Waals surface area contributed by atoms with E-state index >= 15 is 0 Å². The number of pyridine rings is 1. The van der Waals surface area contributed by atoms with Crippen LogP contribution in [-0.4, -0.2) is 43.5 Å². The molecule has 23 heavy (non-hydrogen) atoms. The van der Waals surface area contributed by atoms with Crippen molar-refractivity contribution < 1.29 is 4.79 Å². The van der Waals surface area contributed by atoms with Gasteiger partial charge in [-0.15, -0.1) is 0 Å². The van der Waals surface area contributed by atoms with Crippen LogP contribution >= 0.6 is 0 Å². The number of rotatable bonds is 2. The first-order valence-corrected chi connectivity index (χ1v) is 7.87. The number of nitrogens with zero attached hydrogens (tertiary/aromatic N) is 4. The van der Waals surface area contributed by atoms with Crippen LogP contribution in [0.25, 0.3) is 5.65 Å². The van der Waals surface area contributed by atoms with Crippen molar-refractivity contribution in [2.75, 3.05) is 13.1 Å². The molecule has 118 valence electrons. The second-order valence-corrected chi connectivity index (χ2v) is 6.22. The van der Waals surface area contributed by atoms with Gasteiger partial charge < -0.3 is 9.30 Å². The number of nitrogens with one attached hydrogen (secondary N) is 1. The molecule has 3 aromatic heterocycles. The number of imidazole rings is 1. The molecule has 1 amide bonds. The van der Waals surface area contributed by atoms with Gasteiger partial charge in [0.25, 0.3) is 5.91 Å². The van der Waals surface area contributed by atoms with Gasteiger partial charge in [0, 0.05) is 36.6 Å². The SMILES string of the molecule is Cc1cn[nH]c1C1CCN(C(=O)c2cn3c(C)cccc3n2)C1. The largest absolute Gasteiger partial charge is 0.337 e. The van der Waals surface area contributed by atoms with Crippen LogP contribution in [0.2, 0.25) is 0 Å². The van der Waals surface area contributed by atoms with Crippen molar-refractivity contribution in [3.8, 4) is 0 Å². The highest BCUT2D eigenvalue weighted by Gasteiger charge is 2.30. The maximum atomic E-state index is 12.8. The van der Waals surface area contributed by atoms with E-state index in [4.69, 9.17) is 0 Å². The molecule has 1 unspecified atom stereocenters. The van der Waals surface area contributed by atoms with Gasteiger partial charge in [-0.2, -0.15) is 5.10 Å². The first-order valence-electron chi connectivity index (χ1n) is 7.87. The zero-order chi connectivity index (χ0) is 16.0. The molecule has 6 heteroatoms. The zero-order valence-corrected chi connectivity index (χ0v) is 13.3. The first-order chi connectivity index (χ1) is 11.1. The number of fused-ring (bicyclic) bond motifs is 1. The van der Waals surface area contributed by atoms with E-state index in [1.807, 2.05) is 53.7 Å². The molecule has 1 saturated heterocycles. The monoisotopic (exact) mass is 309 g/mol. The van der Waals surface area contributed by atoms with Gasteiger partial charge in [0.1, 0.15) is 11.3 Å². The Hall–Kier alpha value is -2.63. The molecule has 1 aliphatic heterocycles. The van der Waals surface area contributed by atoms with Crippen LogP contribution in [0.5, 0.6) is 0 Å². The number of carbonyl (C=O) groups excluding carboxylic acids is 1. The zero-order valence-electron chi connectivity index (χ0n) is 13.3. The van der Waals surface area contributed by atoms with E-state index in [1.54, 1.807) is 0 Å². The number of H-pyrrole nitrogens is 1. The molecule has 1 atom stereocenters. The molecule has 6 nitrogen and oxygen atoms in total. The molecule has 0 aliphatic carbocycles. The third kappa shape index (κ3) is 2.30. The van der Waals surface area contributed by atoms with Gasteiger partial charge in [-0.1, -0.05) is 6.07 Å². The quantitative estimate of drug-likeness (QED) is 0.790. The van der Waals surface area contributed by atoms with Crippen LogP contribution in [0, 0.1) is 13.8 Å². The maximum absolute atomic E-state index is 12.8. The fourth-order valence-corrected chi connectivity index (χ4v) is 3.36. The Morgan fingerprint density at radius 3 is 2.96 bits per heavy atom. The smallest absolute Gasteiger partial charge is 0.274 e. The van der Waals surface area contributed by atoms with Crippen molar-refractivity contribution in [1.29, 1.82) is 0 Å². The summed E-state index contributed by atoms with van der Waals surface area (Å²) in [5.41, 5.74) is 4.70. The Morgan fingerprint density at radius 1 is 1.35 bits per heavy atom. The van der Waals surface area contributed by atoms with Gasteiger partial charge in [-0.05, 0) is 38.0 Å². The molecule has 4 rings (SSSR count). The van der Waals surface area contributed by atoms with E-state index in [0.29, 0.717) is 18.2 Å². The van der Waals surface area contributed by atoms with Crippen molar-refractivity contribution in [2.45, 2.75) is 26.2 Å². The van der Waals surface area contributed by atoms with E-state index in [0.717, 1.165) is 35.6 Å². The lowest BCUT2D eigenvalue weighted by atomic mass is 10.0. The molecule has 0 aromatic carbocycles. The summed E-state index contributed by atoms with van der Waals surface area (Å²) in [6.45, 7) is 5.54. The van der Waals surface area contributed by atoms with E-state index in [2.05, 4.69) is 15.2 Å².